The fraction of sp³-hybridized carbons (Fsp3) is 0.250. The molecular formula is C16H14ClN3OS. The van der Waals surface area contributed by atoms with E-state index in [1.54, 1.807) is 24.3 Å². The first-order chi connectivity index (χ1) is 10.6. The van der Waals surface area contributed by atoms with Gasteiger partial charge in [-0.15, -0.1) is 11.3 Å². The van der Waals surface area contributed by atoms with E-state index >= 15 is 0 Å². The van der Waals surface area contributed by atoms with Crippen LogP contribution in [0.5, 0.6) is 0 Å². The molecule has 0 spiro atoms. The van der Waals surface area contributed by atoms with Gasteiger partial charge in [0.1, 0.15) is 11.1 Å². The minimum absolute atomic E-state index is 0.222. The lowest BCUT2D eigenvalue weighted by Gasteiger charge is -2.21. The van der Waals surface area contributed by atoms with E-state index < -0.39 is 0 Å². The summed E-state index contributed by atoms with van der Waals surface area (Å²) < 4.78 is 0. The smallest absolute Gasteiger partial charge is 0.256 e. The van der Waals surface area contributed by atoms with Gasteiger partial charge in [0.25, 0.3) is 5.91 Å². The standard InChI is InChI=1S/C16H14ClN3OS/c1-20-7-6-12-13(8-18)16(22-14(12)9-20)19-15(21)10-2-4-11(17)5-3-10/h2-5H,6-7,9H2,1H3,(H,19,21). The lowest BCUT2D eigenvalue weighted by atomic mass is 10.0. The monoisotopic (exact) mass is 331 g/mol. The largest absolute Gasteiger partial charge is 0.312 e. The normalized spacial score (nSPS) is 14.2. The number of halogens is 1. The molecule has 0 radical (unpaired) electrons. The van der Waals surface area contributed by atoms with Crippen LogP contribution in [0.2, 0.25) is 5.02 Å². The highest BCUT2D eigenvalue weighted by atomic mass is 35.5. The van der Waals surface area contributed by atoms with Gasteiger partial charge in [-0.3, -0.25) is 4.79 Å². The molecule has 1 amide bonds. The third-order valence-corrected chi connectivity index (χ3v) is 5.08. The number of nitrogens with one attached hydrogen (secondary N) is 1. The molecule has 1 aromatic heterocycles. The van der Waals surface area contributed by atoms with E-state index in [-0.39, 0.29) is 5.91 Å². The molecule has 112 valence electrons. The van der Waals surface area contributed by atoms with Gasteiger partial charge >= 0.3 is 0 Å². The Morgan fingerprint density at radius 2 is 2.14 bits per heavy atom. The molecule has 0 unspecified atom stereocenters. The van der Waals surface area contributed by atoms with Gasteiger partial charge in [0.2, 0.25) is 0 Å². The maximum atomic E-state index is 12.3. The minimum Gasteiger partial charge on any atom is -0.312 e. The molecule has 3 rings (SSSR count). The Kier molecular flexibility index (Phi) is 4.16. The van der Waals surface area contributed by atoms with Crippen molar-refractivity contribution in [3.05, 3.63) is 50.9 Å². The lowest BCUT2D eigenvalue weighted by molar-refractivity contribution is 0.102. The Bertz CT molecular complexity index is 761. The number of likely N-dealkylation sites (N-methyl/N-ethyl adjacent to an activating group) is 1. The van der Waals surface area contributed by atoms with Crippen LogP contribution in [0.1, 0.15) is 26.4 Å². The van der Waals surface area contributed by atoms with Crippen molar-refractivity contribution in [1.29, 1.82) is 5.26 Å². The van der Waals surface area contributed by atoms with Crippen LogP contribution >= 0.6 is 22.9 Å². The molecular weight excluding hydrogens is 318 g/mol. The van der Waals surface area contributed by atoms with E-state index in [2.05, 4.69) is 23.3 Å². The zero-order valence-corrected chi connectivity index (χ0v) is 13.6. The van der Waals surface area contributed by atoms with Gasteiger partial charge in [0.15, 0.2) is 0 Å². The number of nitrogens with zero attached hydrogens (tertiary/aromatic N) is 2. The number of fused-ring (bicyclic) bond motifs is 1. The molecule has 2 aromatic rings. The van der Waals surface area contributed by atoms with Crippen LogP contribution in [0.15, 0.2) is 24.3 Å². The van der Waals surface area contributed by atoms with Gasteiger partial charge in [-0.05, 0) is 43.3 Å². The maximum absolute atomic E-state index is 12.3. The summed E-state index contributed by atoms with van der Waals surface area (Å²) in [7, 11) is 2.06. The Morgan fingerprint density at radius 3 is 2.82 bits per heavy atom. The van der Waals surface area contributed by atoms with Gasteiger partial charge in [-0.2, -0.15) is 5.26 Å². The first kappa shape index (κ1) is 15.0. The number of rotatable bonds is 2. The van der Waals surface area contributed by atoms with Crippen LogP contribution in [0.3, 0.4) is 0 Å². The van der Waals surface area contributed by atoms with Crippen molar-refractivity contribution < 1.29 is 4.79 Å². The fourth-order valence-electron chi connectivity index (χ4n) is 2.51. The number of hydrogen-bond donors (Lipinski definition) is 1. The molecule has 2 heterocycles. The molecule has 1 aliphatic rings. The molecule has 22 heavy (non-hydrogen) atoms. The fourth-order valence-corrected chi connectivity index (χ4v) is 3.91. The van der Waals surface area contributed by atoms with Crippen LogP contribution in [-0.4, -0.2) is 24.4 Å². The zero-order chi connectivity index (χ0) is 15.7. The molecule has 4 nitrogen and oxygen atoms in total. The second-order valence-corrected chi connectivity index (χ2v) is 6.81. The topological polar surface area (TPSA) is 56.1 Å². The first-order valence-electron chi connectivity index (χ1n) is 6.88. The molecule has 0 saturated heterocycles. The van der Waals surface area contributed by atoms with E-state index in [4.69, 9.17) is 11.6 Å². The third kappa shape index (κ3) is 2.86. The predicted molar refractivity (Wildman–Crippen MR) is 88.5 cm³/mol. The third-order valence-electron chi connectivity index (χ3n) is 3.69. The van der Waals surface area contributed by atoms with Crippen LogP contribution in [0.25, 0.3) is 0 Å². The van der Waals surface area contributed by atoms with Crippen LogP contribution < -0.4 is 5.32 Å². The highest BCUT2D eigenvalue weighted by Crippen LogP contribution is 2.36. The van der Waals surface area contributed by atoms with E-state index in [1.165, 1.54) is 11.3 Å². The van der Waals surface area contributed by atoms with E-state index in [9.17, 15) is 10.1 Å². The molecule has 6 heteroatoms. The van der Waals surface area contributed by atoms with Crippen LogP contribution in [0.4, 0.5) is 5.00 Å². The summed E-state index contributed by atoms with van der Waals surface area (Å²) >= 11 is 7.32. The van der Waals surface area contributed by atoms with Gasteiger partial charge in [-0.25, -0.2) is 0 Å². The Hall–Kier alpha value is -1.87. The number of benzene rings is 1. The number of hydrogen-bond acceptors (Lipinski definition) is 4. The van der Waals surface area contributed by atoms with Crippen molar-refractivity contribution >= 4 is 33.8 Å². The molecule has 1 N–H and O–H groups in total. The molecule has 0 atom stereocenters. The van der Waals surface area contributed by atoms with Gasteiger partial charge in [0, 0.05) is 28.6 Å². The summed E-state index contributed by atoms with van der Waals surface area (Å²) in [5, 5.41) is 13.5. The second-order valence-electron chi connectivity index (χ2n) is 5.27. The molecule has 1 aromatic carbocycles. The summed E-state index contributed by atoms with van der Waals surface area (Å²) in [6.45, 7) is 1.76. The average molecular weight is 332 g/mol. The first-order valence-corrected chi connectivity index (χ1v) is 8.08. The SMILES string of the molecule is CN1CCc2c(sc(NC(=O)c3ccc(Cl)cc3)c2C#N)C1. The number of amides is 1. The van der Waals surface area contributed by atoms with Crippen molar-refractivity contribution in [2.75, 3.05) is 18.9 Å². The maximum Gasteiger partial charge on any atom is 0.256 e. The lowest BCUT2D eigenvalue weighted by Crippen LogP contribution is -2.25. The molecule has 0 bridgehead atoms. The van der Waals surface area contributed by atoms with Gasteiger partial charge in [0.05, 0.1) is 5.56 Å². The number of carbonyl (C=O) groups excluding carboxylic acids is 1. The molecule has 1 aliphatic heterocycles. The van der Waals surface area contributed by atoms with Crippen molar-refractivity contribution in [2.45, 2.75) is 13.0 Å². The highest BCUT2D eigenvalue weighted by Gasteiger charge is 2.23. The average Bonchev–Trinajstić information content (AvgIpc) is 2.83. The summed E-state index contributed by atoms with van der Waals surface area (Å²) in [5.41, 5.74) is 2.21. The molecule has 0 fully saturated rings. The Morgan fingerprint density at radius 1 is 1.41 bits per heavy atom. The van der Waals surface area contributed by atoms with E-state index in [0.29, 0.717) is 21.2 Å². The van der Waals surface area contributed by atoms with Gasteiger partial charge < -0.3 is 10.2 Å². The molecule has 0 saturated carbocycles. The number of carbonyl (C=O) groups is 1. The molecule has 0 aliphatic carbocycles. The van der Waals surface area contributed by atoms with E-state index in [0.717, 1.165) is 30.0 Å². The quantitative estimate of drug-likeness (QED) is 0.916. The van der Waals surface area contributed by atoms with Crippen molar-refractivity contribution in [1.82, 2.24) is 4.90 Å². The van der Waals surface area contributed by atoms with Crippen LogP contribution in [-0.2, 0) is 13.0 Å². The summed E-state index contributed by atoms with van der Waals surface area (Å²) in [5.74, 6) is -0.222. The number of anilines is 1. The minimum atomic E-state index is -0.222. The Balaban J connectivity index is 1.88. The van der Waals surface area contributed by atoms with Crippen molar-refractivity contribution in [3.8, 4) is 6.07 Å². The Labute approximate surface area is 137 Å². The summed E-state index contributed by atoms with van der Waals surface area (Å²) in [6.07, 6.45) is 0.849. The second kappa shape index (κ2) is 6.09. The van der Waals surface area contributed by atoms with Crippen LogP contribution in [0, 0.1) is 11.3 Å². The highest BCUT2D eigenvalue weighted by molar-refractivity contribution is 7.16. The zero-order valence-electron chi connectivity index (χ0n) is 12.0. The predicted octanol–water partition coefficient (Wildman–Crippen LogP) is 3.51. The van der Waals surface area contributed by atoms with Crippen molar-refractivity contribution in [3.63, 3.8) is 0 Å². The van der Waals surface area contributed by atoms with Crippen molar-refractivity contribution in [2.24, 2.45) is 0 Å². The number of thiophene rings is 1. The number of nitriles is 1. The summed E-state index contributed by atoms with van der Waals surface area (Å²) in [4.78, 5) is 15.7. The summed E-state index contributed by atoms with van der Waals surface area (Å²) in [6, 6.07) is 8.94. The van der Waals surface area contributed by atoms with E-state index in [1.807, 2.05) is 0 Å². The van der Waals surface area contributed by atoms with Gasteiger partial charge in [-0.1, -0.05) is 11.6 Å².